The highest BCUT2D eigenvalue weighted by Crippen LogP contribution is 2.46. The quantitative estimate of drug-likeness (QED) is 0.421. The Morgan fingerprint density at radius 3 is 2.45 bits per heavy atom. The second kappa shape index (κ2) is 10.9. The molecule has 2 N–H and O–H groups in total. The minimum absolute atomic E-state index is 0.0255. The first-order valence-electron chi connectivity index (χ1n) is 12.7. The zero-order valence-electron chi connectivity index (χ0n) is 21.1. The molecule has 5 rings (SSSR count). The second-order valence-corrected chi connectivity index (χ2v) is 10.4. The first kappa shape index (κ1) is 27.6. The fraction of sp³-hybridized carbons (Fsp3) is 0.321. The number of halogens is 4. The van der Waals surface area contributed by atoms with Crippen molar-refractivity contribution in [3.05, 3.63) is 83.4 Å². The third kappa shape index (κ3) is 5.25. The van der Waals surface area contributed by atoms with Crippen molar-refractivity contribution < 1.29 is 27.6 Å². The minimum Gasteiger partial charge on any atom is -0.352 e. The number of aromatic nitrogens is 2. The molecule has 1 saturated carbocycles. The van der Waals surface area contributed by atoms with E-state index in [-0.39, 0.29) is 41.5 Å². The maximum atomic E-state index is 14.4. The molecule has 208 valence electrons. The number of hydrogen-bond acceptors (Lipinski definition) is 5. The fourth-order valence-electron chi connectivity index (χ4n) is 5.45. The molecule has 1 saturated heterocycles. The molecule has 2 aromatic carbocycles. The predicted octanol–water partition coefficient (Wildman–Crippen LogP) is 4.86. The van der Waals surface area contributed by atoms with Crippen molar-refractivity contribution in [1.82, 2.24) is 15.3 Å². The van der Waals surface area contributed by atoms with Gasteiger partial charge in [0.05, 0.1) is 5.92 Å². The summed E-state index contributed by atoms with van der Waals surface area (Å²) < 4.78 is 41.4. The van der Waals surface area contributed by atoms with Gasteiger partial charge in [-0.05, 0) is 48.7 Å². The number of nitrogens with one attached hydrogen (secondary N) is 2. The highest BCUT2D eigenvalue weighted by Gasteiger charge is 2.59. The van der Waals surface area contributed by atoms with E-state index in [1.807, 2.05) is 0 Å². The van der Waals surface area contributed by atoms with Crippen LogP contribution in [0.25, 0.3) is 0 Å². The maximum Gasteiger partial charge on any atom is 0.252 e. The minimum atomic E-state index is -2.91. The van der Waals surface area contributed by atoms with Gasteiger partial charge in [0.2, 0.25) is 17.8 Å². The number of benzene rings is 2. The highest BCUT2D eigenvalue weighted by molar-refractivity contribution is 6.32. The Hall–Kier alpha value is -3.99. The number of carbonyl (C=O) groups is 3. The number of piperidine rings is 1. The number of hydrogen-bond donors (Lipinski definition) is 2. The van der Waals surface area contributed by atoms with E-state index < -0.39 is 59.8 Å². The molecule has 1 aliphatic heterocycles. The van der Waals surface area contributed by atoms with Gasteiger partial charge in [0.15, 0.2) is 0 Å². The van der Waals surface area contributed by atoms with Gasteiger partial charge in [-0.1, -0.05) is 35.9 Å². The number of alkyl halides is 2. The van der Waals surface area contributed by atoms with Gasteiger partial charge in [0, 0.05) is 48.4 Å². The smallest absolute Gasteiger partial charge is 0.252 e. The van der Waals surface area contributed by atoms with Crippen LogP contribution in [0.4, 0.5) is 24.8 Å². The van der Waals surface area contributed by atoms with Crippen LogP contribution in [-0.4, -0.2) is 45.2 Å². The number of rotatable bonds is 7. The van der Waals surface area contributed by atoms with E-state index in [0.717, 1.165) is 11.0 Å². The van der Waals surface area contributed by atoms with Crippen LogP contribution >= 0.6 is 11.6 Å². The van der Waals surface area contributed by atoms with Crippen LogP contribution in [0.15, 0.2) is 67.0 Å². The topological polar surface area (TPSA) is 104 Å². The van der Waals surface area contributed by atoms with Crippen molar-refractivity contribution in [3.63, 3.8) is 0 Å². The van der Waals surface area contributed by atoms with Gasteiger partial charge >= 0.3 is 0 Å². The largest absolute Gasteiger partial charge is 0.352 e. The van der Waals surface area contributed by atoms with Crippen LogP contribution in [0.5, 0.6) is 0 Å². The van der Waals surface area contributed by atoms with Gasteiger partial charge in [0.1, 0.15) is 11.4 Å². The van der Waals surface area contributed by atoms with Crippen LogP contribution in [0, 0.1) is 5.82 Å². The first-order chi connectivity index (χ1) is 19.1. The third-order valence-corrected chi connectivity index (χ3v) is 7.56. The van der Waals surface area contributed by atoms with E-state index in [9.17, 15) is 27.6 Å². The summed E-state index contributed by atoms with van der Waals surface area (Å²) in [4.78, 5) is 51.6. The van der Waals surface area contributed by atoms with Crippen LogP contribution < -0.4 is 15.5 Å². The number of carbonyl (C=O) groups excluding carboxylic acids is 3. The molecule has 1 aliphatic carbocycles. The van der Waals surface area contributed by atoms with Gasteiger partial charge in [-0.15, -0.1) is 0 Å². The molecule has 3 amide bonds. The average Bonchev–Trinajstić information content (AvgIpc) is 2.89. The van der Waals surface area contributed by atoms with Gasteiger partial charge < -0.3 is 10.6 Å². The predicted molar refractivity (Wildman–Crippen MR) is 141 cm³/mol. The summed E-state index contributed by atoms with van der Waals surface area (Å²) in [6, 6.07) is 12.2. The number of nitrogens with zero attached hydrogens (tertiary/aromatic N) is 3. The van der Waals surface area contributed by atoms with E-state index >= 15 is 0 Å². The molecule has 2 atom stereocenters. The molecule has 2 aliphatic rings. The normalized spacial score (nSPS) is 21.3. The van der Waals surface area contributed by atoms with E-state index in [0.29, 0.717) is 0 Å². The first-order valence-corrected chi connectivity index (χ1v) is 13.1. The summed E-state index contributed by atoms with van der Waals surface area (Å²) in [6.45, 7) is 0. The van der Waals surface area contributed by atoms with Crippen molar-refractivity contribution in [1.29, 1.82) is 0 Å². The molecule has 40 heavy (non-hydrogen) atoms. The summed E-state index contributed by atoms with van der Waals surface area (Å²) in [5, 5.41) is 5.43. The Bertz CT molecular complexity index is 1440. The molecule has 1 unspecified atom stereocenters. The molecular formula is C28H25ClF3N5O3. The Kier molecular flexibility index (Phi) is 7.50. The van der Waals surface area contributed by atoms with E-state index in [2.05, 4.69) is 20.6 Å². The number of amides is 3. The molecule has 2 heterocycles. The maximum absolute atomic E-state index is 14.4. The fourth-order valence-corrected chi connectivity index (χ4v) is 5.69. The van der Waals surface area contributed by atoms with Gasteiger partial charge in [-0.2, -0.15) is 0 Å². The van der Waals surface area contributed by atoms with Crippen molar-refractivity contribution >= 4 is 41.0 Å². The van der Waals surface area contributed by atoms with Crippen molar-refractivity contribution in [3.8, 4) is 0 Å². The Morgan fingerprint density at radius 2 is 1.77 bits per heavy atom. The second-order valence-electron chi connectivity index (χ2n) is 9.94. The van der Waals surface area contributed by atoms with Gasteiger partial charge in [0.25, 0.3) is 11.8 Å². The summed E-state index contributed by atoms with van der Waals surface area (Å²) in [7, 11) is 0. The molecule has 0 radical (unpaired) electrons. The monoisotopic (exact) mass is 571 g/mol. The van der Waals surface area contributed by atoms with Crippen LogP contribution in [-0.2, 0) is 14.4 Å². The lowest BCUT2D eigenvalue weighted by atomic mass is 9.70. The highest BCUT2D eigenvalue weighted by atomic mass is 35.5. The third-order valence-electron chi connectivity index (χ3n) is 7.22. The standard InChI is InChI=1S/C28H25ClF3N5O3/c29-21-9-2-1-8-20(21)23(24(39)35-19-15-27(31,32)16-19)28(25(40)36-18-7-3-6-17(30)14-18)11-4-10-22(38)37(28)26-33-12-5-13-34-26/h1-3,5-9,12-14,19,23H,4,10-11,15-16H2,(H,35,39)(H,36,40)/t23-,28?/m0/s1. The Balaban J connectivity index is 1.69. The van der Waals surface area contributed by atoms with Crippen molar-refractivity contribution in [2.24, 2.45) is 0 Å². The van der Waals surface area contributed by atoms with Crippen LogP contribution in [0.2, 0.25) is 5.02 Å². The van der Waals surface area contributed by atoms with Gasteiger partial charge in [-0.25, -0.2) is 23.1 Å². The van der Waals surface area contributed by atoms with Crippen molar-refractivity contribution in [2.75, 3.05) is 10.2 Å². The van der Waals surface area contributed by atoms with E-state index in [1.54, 1.807) is 18.2 Å². The lowest BCUT2D eigenvalue weighted by Crippen LogP contribution is -2.68. The lowest BCUT2D eigenvalue weighted by molar-refractivity contribution is -0.138. The SMILES string of the molecule is O=C(NC1CC(F)(F)C1)[C@H](c1ccccc1Cl)C1(C(=O)Nc2cccc(F)c2)CCCC(=O)N1c1ncccn1. The zero-order chi connectivity index (χ0) is 28.5. The van der Waals surface area contributed by atoms with Gasteiger partial charge in [-0.3, -0.25) is 19.3 Å². The molecule has 12 heteroatoms. The molecule has 1 aromatic heterocycles. The molecular weight excluding hydrogens is 547 g/mol. The van der Waals surface area contributed by atoms with Crippen LogP contribution in [0.1, 0.15) is 43.6 Å². The average molecular weight is 572 g/mol. The van der Waals surface area contributed by atoms with E-state index in [1.165, 1.54) is 42.7 Å². The van der Waals surface area contributed by atoms with Crippen LogP contribution in [0.3, 0.4) is 0 Å². The molecule has 8 nitrogen and oxygen atoms in total. The Morgan fingerprint density at radius 1 is 1.05 bits per heavy atom. The Labute approximate surface area is 232 Å². The molecule has 0 bridgehead atoms. The lowest BCUT2D eigenvalue weighted by Gasteiger charge is -2.48. The molecule has 0 spiro atoms. The van der Waals surface area contributed by atoms with Crippen molar-refractivity contribution in [2.45, 2.75) is 55.5 Å². The summed E-state index contributed by atoms with van der Waals surface area (Å²) >= 11 is 6.57. The molecule has 3 aromatic rings. The molecule has 2 fully saturated rings. The number of anilines is 2. The van der Waals surface area contributed by atoms with E-state index in [4.69, 9.17) is 11.6 Å². The zero-order valence-corrected chi connectivity index (χ0v) is 21.9. The summed E-state index contributed by atoms with van der Waals surface area (Å²) in [5.74, 6) is -7.20. The summed E-state index contributed by atoms with van der Waals surface area (Å²) in [6.07, 6.45) is 1.90. The summed E-state index contributed by atoms with van der Waals surface area (Å²) in [5.41, 5.74) is -1.70.